The second kappa shape index (κ2) is 9.40. The van der Waals surface area contributed by atoms with Gasteiger partial charge in [-0.1, -0.05) is 60.6 Å². The van der Waals surface area contributed by atoms with Crippen LogP contribution in [0.5, 0.6) is 5.75 Å². The molecule has 40 heavy (non-hydrogen) atoms. The van der Waals surface area contributed by atoms with E-state index in [1.54, 1.807) is 39.8 Å². The number of carbonyl (C=O) groups is 4. The van der Waals surface area contributed by atoms with Crippen molar-refractivity contribution in [3.63, 3.8) is 0 Å². The van der Waals surface area contributed by atoms with E-state index in [0.29, 0.717) is 5.56 Å². The number of hydrogen-bond acceptors (Lipinski definition) is 8. The van der Waals surface area contributed by atoms with E-state index < -0.39 is 74.5 Å². The molecule has 1 aromatic carbocycles. The minimum atomic E-state index is -2.79. The summed E-state index contributed by atoms with van der Waals surface area (Å²) in [4.78, 5) is 54.8. The highest BCUT2D eigenvalue weighted by Gasteiger charge is 2.76. The number of benzene rings is 1. The lowest BCUT2D eigenvalue weighted by Crippen LogP contribution is -2.73. The van der Waals surface area contributed by atoms with Gasteiger partial charge in [-0.3, -0.25) is 19.2 Å². The number of fused-ring (bicyclic) bond motifs is 3. The van der Waals surface area contributed by atoms with Crippen LogP contribution in [0, 0.1) is 34.5 Å². The average Bonchev–Trinajstić information content (AvgIpc) is 2.82. The molecule has 3 aliphatic rings. The number of phenolic OH excluding ortho intramolecular Hbond substituents is 1. The van der Waals surface area contributed by atoms with Crippen LogP contribution < -0.4 is 0 Å². The first-order valence-corrected chi connectivity index (χ1v) is 13.9. The molecule has 3 aliphatic carbocycles. The number of aromatic hydroxyl groups is 1. The van der Waals surface area contributed by atoms with Crippen molar-refractivity contribution in [3.8, 4) is 5.75 Å². The van der Waals surface area contributed by atoms with Gasteiger partial charge in [0, 0.05) is 35.2 Å². The largest absolute Gasteiger partial charge is 0.508 e. The molecule has 1 saturated carbocycles. The maximum atomic E-state index is 14.6. The van der Waals surface area contributed by atoms with Crippen LogP contribution >= 0.6 is 0 Å². The monoisotopic (exact) mass is 552 g/mol. The lowest BCUT2D eigenvalue weighted by Gasteiger charge is -2.65. The first kappa shape index (κ1) is 29.7. The number of carbonyl (C=O) groups excluding carboxylic acids is 4. The summed E-state index contributed by atoms with van der Waals surface area (Å²) in [6.07, 6.45) is 0.0713. The number of ketones is 4. The summed E-state index contributed by atoms with van der Waals surface area (Å²) in [6.45, 7) is 13.5. The quantitative estimate of drug-likeness (QED) is 0.361. The lowest BCUT2D eigenvalue weighted by atomic mass is 9.37. The maximum Gasteiger partial charge on any atom is 0.203 e. The number of hydrogen-bond donors (Lipinski definition) is 4. The highest BCUT2D eigenvalue weighted by molar-refractivity contribution is 6.24. The van der Waals surface area contributed by atoms with Gasteiger partial charge in [-0.15, -0.1) is 0 Å². The Morgan fingerprint density at radius 2 is 1.62 bits per heavy atom. The van der Waals surface area contributed by atoms with Crippen LogP contribution in [0.4, 0.5) is 0 Å². The second-order valence-electron chi connectivity index (χ2n) is 13.1. The van der Waals surface area contributed by atoms with E-state index in [0.717, 1.165) is 6.92 Å². The van der Waals surface area contributed by atoms with Gasteiger partial charge in [0.25, 0.3) is 0 Å². The summed E-state index contributed by atoms with van der Waals surface area (Å²) in [5, 5.41) is 46.3. The van der Waals surface area contributed by atoms with E-state index in [1.165, 1.54) is 6.07 Å². The van der Waals surface area contributed by atoms with Crippen molar-refractivity contribution in [3.05, 3.63) is 46.2 Å². The highest BCUT2D eigenvalue weighted by Crippen LogP contribution is 2.71. The average molecular weight is 553 g/mol. The molecule has 1 aromatic rings. The van der Waals surface area contributed by atoms with E-state index in [9.17, 15) is 39.6 Å². The number of Topliss-reactive ketones (excluding diaryl/α,β-unsaturated/α-hetero) is 4. The normalized spacial score (nSPS) is 33.7. The highest BCUT2D eigenvalue weighted by atomic mass is 16.3. The third kappa shape index (κ3) is 3.54. The molecule has 0 aromatic heterocycles. The Kier molecular flexibility index (Phi) is 6.98. The molecule has 0 saturated heterocycles. The molecule has 216 valence electrons. The van der Waals surface area contributed by atoms with Gasteiger partial charge in [0.2, 0.25) is 5.78 Å². The minimum Gasteiger partial charge on any atom is -0.508 e. The fourth-order valence-corrected chi connectivity index (χ4v) is 8.28. The Hall–Kier alpha value is -3.26. The molecule has 0 bridgehead atoms. The van der Waals surface area contributed by atoms with Gasteiger partial charge in [-0.05, 0) is 42.2 Å². The molecule has 4 N–H and O–H groups in total. The number of phenols is 1. The van der Waals surface area contributed by atoms with Crippen molar-refractivity contribution in [2.75, 3.05) is 0 Å². The summed E-state index contributed by atoms with van der Waals surface area (Å²) in [5.41, 5.74) is -6.09. The van der Waals surface area contributed by atoms with Crippen LogP contribution in [0.1, 0.15) is 85.3 Å². The molecule has 8 heteroatoms. The Morgan fingerprint density at radius 3 is 2.15 bits per heavy atom. The van der Waals surface area contributed by atoms with Crippen LogP contribution in [0.25, 0.3) is 5.76 Å². The van der Waals surface area contributed by atoms with E-state index in [1.807, 2.05) is 20.8 Å². The number of allylic oxidation sites excluding steroid dienone is 1. The van der Waals surface area contributed by atoms with Crippen LogP contribution in [0.2, 0.25) is 0 Å². The van der Waals surface area contributed by atoms with Gasteiger partial charge in [0.1, 0.15) is 28.6 Å². The van der Waals surface area contributed by atoms with Crippen molar-refractivity contribution in [1.29, 1.82) is 0 Å². The van der Waals surface area contributed by atoms with Crippen molar-refractivity contribution < 1.29 is 39.6 Å². The second-order valence-corrected chi connectivity index (χ2v) is 13.1. The van der Waals surface area contributed by atoms with Gasteiger partial charge in [-0.25, -0.2) is 0 Å². The van der Waals surface area contributed by atoms with Crippen LogP contribution in [0.15, 0.2) is 35.1 Å². The predicted octanol–water partition coefficient (Wildman–Crippen LogP) is 4.98. The molecule has 0 amide bonds. The van der Waals surface area contributed by atoms with Crippen molar-refractivity contribution in [1.82, 2.24) is 0 Å². The molecule has 0 spiro atoms. The van der Waals surface area contributed by atoms with E-state index in [2.05, 4.69) is 0 Å². The SMILES string of the molecule is CC(=O)C1=C(O)[C@]2(O)C(=O)C3=C(O)c4c(O)cccc4[C@@H](C)[C@]3(C)[C@@H](CC(=O)CC(C)C)[C@]2(C)C(C(C)C)C1=O. The molecule has 0 heterocycles. The molecule has 0 aliphatic heterocycles. The molecule has 4 rings (SSSR count). The summed E-state index contributed by atoms with van der Waals surface area (Å²) in [6, 6.07) is 4.73. The van der Waals surface area contributed by atoms with Crippen LogP contribution in [-0.4, -0.2) is 49.2 Å². The Balaban J connectivity index is 2.20. The van der Waals surface area contributed by atoms with Gasteiger partial charge < -0.3 is 20.4 Å². The third-order valence-corrected chi connectivity index (χ3v) is 10.1. The first-order chi connectivity index (χ1) is 18.4. The minimum absolute atomic E-state index is 0.0218. The fraction of sp³-hybridized carbons (Fsp3) is 0.562. The standard InChI is InChI=1S/C32H40O8/c1-14(2)12-18(34)13-21-30(7)16(5)19-10-9-11-20(35)23(19)27(37)25(30)29(39)32(40)28(38)22(17(6)33)26(36)24(15(3)4)31(21,32)8/h9-11,14-16,21,24,35,37-38,40H,12-13H2,1-8H3/t16-,21-,24?,30-,31-,32+/m1/s1. The van der Waals surface area contributed by atoms with Crippen molar-refractivity contribution in [2.24, 2.45) is 34.5 Å². The van der Waals surface area contributed by atoms with E-state index in [4.69, 9.17) is 0 Å². The Morgan fingerprint density at radius 1 is 1.02 bits per heavy atom. The molecule has 1 fully saturated rings. The molecule has 6 atom stereocenters. The van der Waals surface area contributed by atoms with Crippen molar-refractivity contribution in [2.45, 2.75) is 79.8 Å². The molecule has 0 radical (unpaired) electrons. The predicted molar refractivity (Wildman–Crippen MR) is 148 cm³/mol. The summed E-state index contributed by atoms with van der Waals surface area (Å²) in [5.74, 6) is -7.58. The zero-order valence-corrected chi connectivity index (χ0v) is 24.5. The first-order valence-electron chi connectivity index (χ1n) is 13.9. The molecular formula is C32H40O8. The number of aliphatic hydroxyl groups is 3. The summed E-state index contributed by atoms with van der Waals surface area (Å²) >= 11 is 0. The van der Waals surface area contributed by atoms with Gasteiger partial charge in [0.05, 0.1) is 5.56 Å². The maximum absolute atomic E-state index is 14.6. The van der Waals surface area contributed by atoms with E-state index >= 15 is 0 Å². The van der Waals surface area contributed by atoms with Gasteiger partial charge in [0.15, 0.2) is 17.2 Å². The number of rotatable bonds is 6. The summed E-state index contributed by atoms with van der Waals surface area (Å²) in [7, 11) is 0. The number of aliphatic hydroxyl groups excluding tert-OH is 2. The van der Waals surface area contributed by atoms with Crippen molar-refractivity contribution >= 4 is 28.9 Å². The van der Waals surface area contributed by atoms with Crippen LogP contribution in [-0.2, 0) is 19.2 Å². The zero-order chi connectivity index (χ0) is 30.3. The van der Waals surface area contributed by atoms with Gasteiger partial charge >= 0.3 is 0 Å². The smallest absolute Gasteiger partial charge is 0.203 e. The van der Waals surface area contributed by atoms with Gasteiger partial charge in [-0.2, -0.15) is 0 Å². The topological polar surface area (TPSA) is 149 Å². The third-order valence-electron chi connectivity index (χ3n) is 10.1. The molecular weight excluding hydrogens is 512 g/mol. The Labute approximate surface area is 234 Å². The zero-order valence-electron chi connectivity index (χ0n) is 24.5. The molecule has 8 nitrogen and oxygen atoms in total. The van der Waals surface area contributed by atoms with Crippen LogP contribution in [0.3, 0.4) is 0 Å². The lowest BCUT2D eigenvalue weighted by molar-refractivity contribution is -0.199. The molecule has 1 unspecified atom stereocenters. The fourth-order valence-electron chi connectivity index (χ4n) is 8.28. The summed E-state index contributed by atoms with van der Waals surface area (Å²) < 4.78 is 0. The Bertz CT molecular complexity index is 1400. The van der Waals surface area contributed by atoms with E-state index in [-0.39, 0.29) is 41.4 Å².